The molecule has 0 unspecified atom stereocenters. The standard InChI is InChI=1S/C26H25N3O2/c1-4-15-22-20(14-18-23(15)27-19-12-8-7-10-16(19)25(18)30)28-24-17(26(22)31)11-9-13-21(24)29(5-2)6-3/h7-14H,4-6H2,1-3H3,(H,27,30)(H,28,31). The van der Waals surface area contributed by atoms with Gasteiger partial charge < -0.3 is 14.9 Å². The van der Waals surface area contributed by atoms with Crippen molar-refractivity contribution in [3.63, 3.8) is 0 Å². The highest BCUT2D eigenvalue weighted by Gasteiger charge is 2.18. The molecule has 0 aliphatic heterocycles. The molecule has 2 aromatic heterocycles. The second-order valence-electron chi connectivity index (χ2n) is 7.88. The maximum absolute atomic E-state index is 13.7. The van der Waals surface area contributed by atoms with E-state index in [1.54, 1.807) is 0 Å². The summed E-state index contributed by atoms with van der Waals surface area (Å²) in [6.07, 6.45) is 0.645. The minimum atomic E-state index is -0.0149. The van der Waals surface area contributed by atoms with E-state index in [1.807, 2.05) is 55.5 Å². The summed E-state index contributed by atoms with van der Waals surface area (Å²) in [6.45, 7) is 7.93. The Hall–Kier alpha value is -3.60. The normalized spacial score (nSPS) is 11.7. The maximum Gasteiger partial charge on any atom is 0.197 e. The monoisotopic (exact) mass is 411 g/mol. The largest absolute Gasteiger partial charge is 0.370 e. The summed E-state index contributed by atoms with van der Waals surface area (Å²) in [5.41, 5.74) is 4.95. The van der Waals surface area contributed by atoms with Crippen molar-refractivity contribution >= 4 is 49.3 Å². The number of para-hydroxylation sites is 2. The molecule has 5 nitrogen and oxygen atoms in total. The van der Waals surface area contributed by atoms with Gasteiger partial charge in [-0.2, -0.15) is 0 Å². The van der Waals surface area contributed by atoms with E-state index in [2.05, 4.69) is 28.7 Å². The summed E-state index contributed by atoms with van der Waals surface area (Å²) in [5, 5.41) is 2.60. The van der Waals surface area contributed by atoms with Crippen molar-refractivity contribution < 1.29 is 0 Å². The average molecular weight is 412 g/mol. The Balaban J connectivity index is 2.00. The minimum absolute atomic E-state index is 0.00511. The van der Waals surface area contributed by atoms with Crippen LogP contribution in [-0.2, 0) is 6.42 Å². The van der Waals surface area contributed by atoms with Crippen LogP contribution in [0.15, 0.2) is 58.1 Å². The highest BCUT2D eigenvalue weighted by Crippen LogP contribution is 2.30. The van der Waals surface area contributed by atoms with Crippen LogP contribution >= 0.6 is 0 Å². The zero-order valence-electron chi connectivity index (χ0n) is 18.0. The van der Waals surface area contributed by atoms with Crippen molar-refractivity contribution in [2.24, 2.45) is 0 Å². The SMILES string of the molecule is CCc1c2[nH]c3ccccc3c(=O)c2cc2[nH]c3c(N(CC)CC)cccc3c(=O)c12. The van der Waals surface area contributed by atoms with Gasteiger partial charge in [-0.05, 0) is 56.2 Å². The highest BCUT2D eigenvalue weighted by atomic mass is 16.1. The molecule has 0 radical (unpaired) electrons. The Labute approximate surface area is 179 Å². The number of benzene rings is 3. The number of aromatic nitrogens is 2. The second-order valence-corrected chi connectivity index (χ2v) is 7.88. The van der Waals surface area contributed by atoms with Gasteiger partial charge in [-0.25, -0.2) is 0 Å². The molecule has 5 aromatic rings. The molecule has 0 fully saturated rings. The quantitative estimate of drug-likeness (QED) is 0.405. The van der Waals surface area contributed by atoms with Gasteiger partial charge in [0, 0.05) is 34.8 Å². The van der Waals surface area contributed by atoms with E-state index in [1.165, 1.54) is 0 Å². The summed E-state index contributed by atoms with van der Waals surface area (Å²) in [6, 6.07) is 15.2. The van der Waals surface area contributed by atoms with Crippen molar-refractivity contribution in [2.75, 3.05) is 18.0 Å². The van der Waals surface area contributed by atoms with Gasteiger partial charge >= 0.3 is 0 Å². The van der Waals surface area contributed by atoms with E-state index < -0.39 is 0 Å². The molecule has 5 heteroatoms. The van der Waals surface area contributed by atoms with Gasteiger partial charge in [0.15, 0.2) is 10.9 Å². The van der Waals surface area contributed by atoms with Crippen LogP contribution < -0.4 is 15.8 Å². The van der Waals surface area contributed by atoms with Crippen molar-refractivity contribution in [3.8, 4) is 0 Å². The van der Waals surface area contributed by atoms with Crippen molar-refractivity contribution in [2.45, 2.75) is 27.2 Å². The molecule has 0 bridgehead atoms. The summed E-state index contributed by atoms with van der Waals surface area (Å²) in [5.74, 6) is 0. The van der Waals surface area contributed by atoms with E-state index in [-0.39, 0.29) is 10.9 Å². The number of anilines is 1. The molecule has 2 heterocycles. The molecule has 5 rings (SSSR count). The molecule has 156 valence electrons. The number of hydrogen-bond acceptors (Lipinski definition) is 3. The first-order chi connectivity index (χ1) is 15.1. The molecule has 0 aliphatic rings. The zero-order chi connectivity index (χ0) is 21.7. The summed E-state index contributed by atoms with van der Waals surface area (Å²) < 4.78 is 0. The summed E-state index contributed by atoms with van der Waals surface area (Å²) in [7, 11) is 0. The van der Waals surface area contributed by atoms with Gasteiger partial charge in [-0.1, -0.05) is 25.1 Å². The van der Waals surface area contributed by atoms with E-state index in [4.69, 9.17) is 0 Å². The molecule has 2 N–H and O–H groups in total. The van der Waals surface area contributed by atoms with Crippen LogP contribution in [0.25, 0.3) is 43.6 Å². The van der Waals surface area contributed by atoms with Crippen LogP contribution in [0.5, 0.6) is 0 Å². The van der Waals surface area contributed by atoms with Gasteiger partial charge in [-0.15, -0.1) is 0 Å². The van der Waals surface area contributed by atoms with Gasteiger partial charge in [0.25, 0.3) is 0 Å². The molecule has 0 atom stereocenters. The number of rotatable bonds is 4. The predicted octanol–water partition coefficient (Wildman–Crippen LogP) is 5.08. The van der Waals surface area contributed by atoms with Gasteiger partial charge in [0.05, 0.1) is 27.6 Å². The molecular formula is C26H25N3O2. The number of fused-ring (bicyclic) bond motifs is 4. The van der Waals surface area contributed by atoms with Crippen LogP contribution in [0.4, 0.5) is 5.69 Å². The first-order valence-corrected chi connectivity index (χ1v) is 10.9. The molecule has 31 heavy (non-hydrogen) atoms. The third-order valence-corrected chi connectivity index (χ3v) is 6.34. The fourth-order valence-corrected chi connectivity index (χ4v) is 4.80. The van der Waals surface area contributed by atoms with Crippen LogP contribution in [0.2, 0.25) is 0 Å². The Morgan fingerprint density at radius 1 is 0.742 bits per heavy atom. The number of aryl methyl sites for hydroxylation is 1. The van der Waals surface area contributed by atoms with Crippen LogP contribution in [0, 0.1) is 0 Å². The fraction of sp³-hybridized carbons (Fsp3) is 0.231. The van der Waals surface area contributed by atoms with Gasteiger partial charge in [-0.3, -0.25) is 9.59 Å². The van der Waals surface area contributed by atoms with Crippen molar-refractivity contribution in [3.05, 3.63) is 74.5 Å². The van der Waals surface area contributed by atoms with Gasteiger partial charge in [0.2, 0.25) is 0 Å². The van der Waals surface area contributed by atoms with E-state index in [9.17, 15) is 9.59 Å². The fourth-order valence-electron chi connectivity index (χ4n) is 4.80. The first kappa shape index (κ1) is 19.4. The Morgan fingerprint density at radius 2 is 1.45 bits per heavy atom. The van der Waals surface area contributed by atoms with Crippen LogP contribution in [0.1, 0.15) is 26.3 Å². The number of pyridine rings is 2. The Kier molecular flexibility index (Phi) is 4.54. The first-order valence-electron chi connectivity index (χ1n) is 10.9. The maximum atomic E-state index is 13.7. The lowest BCUT2D eigenvalue weighted by Crippen LogP contribution is -2.23. The average Bonchev–Trinajstić information content (AvgIpc) is 2.80. The second kappa shape index (κ2) is 7.27. The highest BCUT2D eigenvalue weighted by molar-refractivity contribution is 6.07. The summed E-state index contributed by atoms with van der Waals surface area (Å²) in [4.78, 5) is 36.1. The topological polar surface area (TPSA) is 69.0 Å². The lowest BCUT2D eigenvalue weighted by atomic mass is 9.97. The van der Waals surface area contributed by atoms with E-state index in [0.29, 0.717) is 33.5 Å². The van der Waals surface area contributed by atoms with Crippen LogP contribution in [-0.4, -0.2) is 23.1 Å². The Bertz CT molecular complexity index is 1590. The van der Waals surface area contributed by atoms with Crippen molar-refractivity contribution in [1.29, 1.82) is 0 Å². The molecular weight excluding hydrogens is 386 g/mol. The zero-order valence-corrected chi connectivity index (χ0v) is 18.0. The smallest absolute Gasteiger partial charge is 0.197 e. The molecule has 0 saturated heterocycles. The minimum Gasteiger partial charge on any atom is -0.370 e. The molecule has 0 saturated carbocycles. The third-order valence-electron chi connectivity index (χ3n) is 6.34. The number of nitrogens with one attached hydrogen (secondary N) is 2. The third kappa shape index (κ3) is 2.76. The van der Waals surface area contributed by atoms with Gasteiger partial charge in [0.1, 0.15) is 0 Å². The van der Waals surface area contributed by atoms with Crippen molar-refractivity contribution in [1.82, 2.24) is 9.97 Å². The van der Waals surface area contributed by atoms with E-state index in [0.717, 1.165) is 40.9 Å². The Morgan fingerprint density at radius 3 is 2.19 bits per heavy atom. The lowest BCUT2D eigenvalue weighted by molar-refractivity contribution is 0.869. The number of nitrogens with zero attached hydrogens (tertiary/aromatic N) is 1. The predicted molar refractivity (Wildman–Crippen MR) is 131 cm³/mol. The lowest BCUT2D eigenvalue weighted by Gasteiger charge is -2.23. The molecule has 0 amide bonds. The number of aromatic amines is 2. The molecule has 3 aromatic carbocycles. The molecule has 0 spiro atoms. The number of hydrogen-bond donors (Lipinski definition) is 2. The number of H-pyrrole nitrogens is 2. The molecule has 0 aliphatic carbocycles. The van der Waals surface area contributed by atoms with E-state index >= 15 is 0 Å². The van der Waals surface area contributed by atoms with Crippen LogP contribution in [0.3, 0.4) is 0 Å². The summed E-state index contributed by atoms with van der Waals surface area (Å²) >= 11 is 0.